The third kappa shape index (κ3) is 2.55. The predicted molar refractivity (Wildman–Crippen MR) is 74.0 cm³/mol. The van der Waals surface area contributed by atoms with E-state index in [0.29, 0.717) is 6.42 Å². The summed E-state index contributed by atoms with van der Waals surface area (Å²) in [6, 6.07) is 0. The number of carbonyl (C=O) groups is 2. The molecule has 0 saturated heterocycles. The van der Waals surface area contributed by atoms with E-state index < -0.39 is 22.4 Å². The van der Waals surface area contributed by atoms with Crippen LogP contribution in [0.2, 0.25) is 0 Å². The van der Waals surface area contributed by atoms with Gasteiger partial charge in [-0.05, 0) is 33.1 Å². The Balaban J connectivity index is 3.18. The molecule has 0 amide bonds. The first-order valence-electron chi connectivity index (χ1n) is 7.08. The van der Waals surface area contributed by atoms with Crippen LogP contribution >= 0.6 is 0 Å². The molecule has 1 rings (SSSR count). The van der Waals surface area contributed by atoms with Gasteiger partial charge >= 0.3 is 11.9 Å². The molecule has 3 atom stereocenters. The fourth-order valence-corrected chi connectivity index (χ4v) is 3.56. The summed E-state index contributed by atoms with van der Waals surface area (Å²) < 4.78 is 9.71. The van der Waals surface area contributed by atoms with Crippen molar-refractivity contribution in [1.29, 1.82) is 0 Å². The Morgan fingerprint density at radius 1 is 1.10 bits per heavy atom. The summed E-state index contributed by atoms with van der Waals surface area (Å²) in [7, 11) is 2.63. The zero-order valence-electron chi connectivity index (χ0n) is 13.1. The van der Waals surface area contributed by atoms with Gasteiger partial charge in [0.25, 0.3) is 0 Å². The van der Waals surface area contributed by atoms with Crippen molar-refractivity contribution >= 4 is 11.9 Å². The van der Waals surface area contributed by atoms with E-state index in [2.05, 4.69) is 0 Å². The molecule has 5 heteroatoms. The number of methoxy groups -OCH3 is 2. The number of carbonyl (C=O) groups excluding carboxylic acids is 2. The summed E-state index contributed by atoms with van der Waals surface area (Å²) in [5, 5.41) is 11.0. The molecule has 0 bridgehead atoms. The van der Waals surface area contributed by atoms with Gasteiger partial charge in [-0.2, -0.15) is 0 Å². The first kappa shape index (κ1) is 17.0. The van der Waals surface area contributed by atoms with Crippen LogP contribution in [0.3, 0.4) is 0 Å². The fraction of sp³-hybridized carbons (Fsp3) is 0.867. The minimum atomic E-state index is -1.24. The quantitative estimate of drug-likeness (QED) is 0.783. The van der Waals surface area contributed by atoms with E-state index in [9.17, 15) is 14.7 Å². The van der Waals surface area contributed by atoms with Crippen molar-refractivity contribution in [3.63, 3.8) is 0 Å². The van der Waals surface area contributed by atoms with Crippen molar-refractivity contribution in [3.8, 4) is 0 Å². The summed E-state index contributed by atoms with van der Waals surface area (Å²) in [5.74, 6) is -0.858. The highest BCUT2D eigenvalue weighted by Crippen LogP contribution is 2.58. The molecule has 1 aliphatic rings. The highest BCUT2D eigenvalue weighted by Gasteiger charge is 2.65. The van der Waals surface area contributed by atoms with Crippen LogP contribution in [-0.2, 0) is 19.1 Å². The van der Waals surface area contributed by atoms with Crippen LogP contribution in [0.4, 0.5) is 0 Å². The Morgan fingerprint density at radius 2 is 1.65 bits per heavy atom. The van der Waals surface area contributed by atoms with Crippen LogP contribution in [0.15, 0.2) is 0 Å². The number of rotatable bonds is 5. The predicted octanol–water partition coefficient (Wildman–Crippen LogP) is 2.06. The monoisotopic (exact) mass is 286 g/mol. The van der Waals surface area contributed by atoms with Gasteiger partial charge in [0.05, 0.1) is 30.7 Å². The minimum absolute atomic E-state index is 0.221. The first-order valence-corrected chi connectivity index (χ1v) is 7.08. The SMILES string of the molecule is CCCC[C@]1(O)C[C@@](C)(C(=O)OC)C[C@@]1(C)C(=O)OC. The summed E-state index contributed by atoms with van der Waals surface area (Å²) in [4.78, 5) is 24.2. The molecule has 0 aromatic rings. The summed E-state index contributed by atoms with van der Waals surface area (Å²) in [5.41, 5.74) is -3.18. The maximum absolute atomic E-state index is 12.2. The van der Waals surface area contributed by atoms with Crippen molar-refractivity contribution in [1.82, 2.24) is 0 Å². The van der Waals surface area contributed by atoms with Crippen LogP contribution in [0, 0.1) is 10.8 Å². The van der Waals surface area contributed by atoms with Crippen molar-refractivity contribution in [2.24, 2.45) is 10.8 Å². The zero-order chi connectivity index (χ0) is 15.6. The lowest BCUT2D eigenvalue weighted by Gasteiger charge is -2.37. The Hall–Kier alpha value is -1.10. The van der Waals surface area contributed by atoms with E-state index in [1.165, 1.54) is 14.2 Å². The smallest absolute Gasteiger partial charge is 0.314 e. The van der Waals surface area contributed by atoms with Crippen LogP contribution in [-0.4, -0.2) is 36.9 Å². The zero-order valence-corrected chi connectivity index (χ0v) is 13.1. The van der Waals surface area contributed by atoms with E-state index in [1.807, 2.05) is 6.92 Å². The molecule has 0 spiro atoms. The van der Waals surface area contributed by atoms with Crippen molar-refractivity contribution in [2.45, 2.75) is 58.5 Å². The Morgan fingerprint density at radius 3 is 2.10 bits per heavy atom. The molecule has 1 aliphatic carbocycles. The Kier molecular flexibility index (Phi) is 4.85. The summed E-state index contributed by atoms with van der Waals surface area (Å²) in [6.45, 7) is 5.44. The van der Waals surface area contributed by atoms with Gasteiger partial charge in [-0.1, -0.05) is 19.8 Å². The lowest BCUT2D eigenvalue weighted by molar-refractivity contribution is -0.167. The van der Waals surface area contributed by atoms with Crippen molar-refractivity contribution < 1.29 is 24.2 Å². The maximum Gasteiger partial charge on any atom is 0.314 e. The van der Waals surface area contributed by atoms with Gasteiger partial charge in [0, 0.05) is 0 Å². The molecule has 0 aromatic heterocycles. The molecule has 1 fully saturated rings. The number of esters is 2. The molecular formula is C15H26O5. The van der Waals surface area contributed by atoms with Gasteiger partial charge in [-0.3, -0.25) is 9.59 Å². The number of ether oxygens (including phenoxy) is 2. The van der Waals surface area contributed by atoms with Crippen molar-refractivity contribution in [3.05, 3.63) is 0 Å². The van der Waals surface area contributed by atoms with E-state index in [0.717, 1.165) is 12.8 Å². The molecule has 20 heavy (non-hydrogen) atoms. The molecule has 1 N–H and O–H groups in total. The largest absolute Gasteiger partial charge is 0.469 e. The third-order valence-corrected chi connectivity index (χ3v) is 4.71. The second-order valence-electron chi connectivity index (χ2n) is 6.36. The van der Waals surface area contributed by atoms with Crippen LogP contribution in [0.25, 0.3) is 0 Å². The summed E-state index contributed by atoms with van der Waals surface area (Å²) >= 11 is 0. The minimum Gasteiger partial charge on any atom is -0.469 e. The van der Waals surface area contributed by atoms with Crippen molar-refractivity contribution in [2.75, 3.05) is 14.2 Å². The second-order valence-corrected chi connectivity index (χ2v) is 6.36. The van der Waals surface area contributed by atoms with E-state index in [1.54, 1.807) is 13.8 Å². The standard InChI is InChI=1S/C15H26O5/c1-6-7-8-15(18)10-13(2,11(16)19-4)9-14(15,3)12(17)20-5/h18H,6-10H2,1-5H3/t13-,14-,15-/m0/s1. The van der Waals surface area contributed by atoms with Gasteiger partial charge in [0.15, 0.2) is 0 Å². The van der Waals surface area contributed by atoms with Gasteiger partial charge in [0.1, 0.15) is 0 Å². The number of unbranched alkanes of at least 4 members (excludes halogenated alkanes) is 1. The number of hydrogen-bond acceptors (Lipinski definition) is 5. The molecular weight excluding hydrogens is 260 g/mol. The van der Waals surface area contributed by atoms with Crippen LogP contribution < -0.4 is 0 Å². The highest BCUT2D eigenvalue weighted by atomic mass is 16.5. The Bertz CT molecular complexity index is 394. The normalized spacial score (nSPS) is 36.7. The molecule has 0 heterocycles. The number of aliphatic hydroxyl groups is 1. The van der Waals surface area contributed by atoms with Gasteiger partial charge in [-0.25, -0.2) is 0 Å². The van der Waals surface area contributed by atoms with Gasteiger partial charge in [-0.15, -0.1) is 0 Å². The number of hydrogen-bond donors (Lipinski definition) is 1. The molecule has 116 valence electrons. The second kappa shape index (κ2) is 5.72. The average Bonchev–Trinajstić information content (AvgIpc) is 2.63. The molecule has 0 aliphatic heterocycles. The fourth-order valence-electron chi connectivity index (χ4n) is 3.56. The average molecular weight is 286 g/mol. The third-order valence-electron chi connectivity index (χ3n) is 4.71. The Labute approximate surface area is 120 Å². The molecule has 0 unspecified atom stereocenters. The van der Waals surface area contributed by atoms with Gasteiger partial charge in [0.2, 0.25) is 0 Å². The van der Waals surface area contributed by atoms with E-state index in [4.69, 9.17) is 9.47 Å². The van der Waals surface area contributed by atoms with Gasteiger partial charge < -0.3 is 14.6 Å². The molecule has 5 nitrogen and oxygen atoms in total. The van der Waals surface area contributed by atoms with Crippen LogP contribution in [0.1, 0.15) is 52.9 Å². The summed E-state index contributed by atoms with van der Waals surface area (Å²) in [6.07, 6.45) is 2.63. The van der Waals surface area contributed by atoms with E-state index >= 15 is 0 Å². The lowest BCUT2D eigenvalue weighted by atomic mass is 9.73. The first-order chi connectivity index (χ1) is 9.19. The lowest BCUT2D eigenvalue weighted by Crippen LogP contribution is -2.47. The molecule has 0 aromatic carbocycles. The molecule has 0 radical (unpaired) electrons. The highest BCUT2D eigenvalue weighted by molar-refractivity contribution is 5.83. The molecule has 1 saturated carbocycles. The van der Waals surface area contributed by atoms with Crippen LogP contribution in [0.5, 0.6) is 0 Å². The maximum atomic E-state index is 12.2. The van der Waals surface area contributed by atoms with E-state index in [-0.39, 0.29) is 18.8 Å². The topological polar surface area (TPSA) is 72.8 Å².